The number of carbonyl (C=O) groups excluding carboxylic acids is 1. The van der Waals surface area contributed by atoms with E-state index in [1.54, 1.807) is 17.9 Å². The molecule has 0 saturated carbocycles. The zero-order valence-electron chi connectivity index (χ0n) is 13.7. The fraction of sp³-hybridized carbons (Fsp3) is 0.118. The molecule has 0 fully saturated rings. The van der Waals surface area contributed by atoms with E-state index < -0.39 is 10.8 Å². The lowest BCUT2D eigenvalue weighted by atomic mass is 10.2. The van der Waals surface area contributed by atoms with E-state index in [-0.39, 0.29) is 22.8 Å². The van der Waals surface area contributed by atoms with Crippen molar-refractivity contribution in [1.29, 1.82) is 0 Å². The number of rotatable bonds is 5. The van der Waals surface area contributed by atoms with Crippen LogP contribution in [-0.2, 0) is 13.6 Å². The number of halogens is 1. The highest BCUT2D eigenvalue weighted by atomic mass is 35.5. The maximum absolute atomic E-state index is 12.3. The van der Waals surface area contributed by atoms with Gasteiger partial charge >= 0.3 is 0 Å². The van der Waals surface area contributed by atoms with Gasteiger partial charge < -0.3 is 5.32 Å². The molecule has 1 aromatic carbocycles. The number of carbonyl (C=O) groups is 1. The first-order valence-corrected chi connectivity index (χ1v) is 8.00. The first kappa shape index (κ1) is 17.6. The lowest BCUT2D eigenvalue weighted by molar-refractivity contribution is -0.384. The lowest BCUT2D eigenvalue weighted by Crippen LogP contribution is -2.23. The number of nitro benzene ring substituents is 1. The van der Waals surface area contributed by atoms with Gasteiger partial charge in [-0.25, -0.2) is 0 Å². The average Bonchev–Trinajstić information content (AvgIpc) is 3.01. The minimum Gasteiger partial charge on any atom is -0.346 e. The number of nitrogens with one attached hydrogen (secondary N) is 1. The number of nitro groups is 1. The molecule has 2 aromatic heterocycles. The summed E-state index contributed by atoms with van der Waals surface area (Å²) < 4.78 is 1.68. The molecule has 8 nitrogen and oxygen atoms in total. The second-order valence-corrected chi connectivity index (χ2v) is 5.87. The van der Waals surface area contributed by atoms with Crippen molar-refractivity contribution in [2.75, 3.05) is 0 Å². The molecule has 0 atom stereocenters. The molecule has 1 amide bonds. The monoisotopic (exact) mass is 371 g/mol. The molecular weight excluding hydrogens is 358 g/mol. The van der Waals surface area contributed by atoms with Crippen molar-refractivity contribution in [3.8, 4) is 11.4 Å². The van der Waals surface area contributed by atoms with Crippen LogP contribution in [0.5, 0.6) is 0 Å². The number of benzene rings is 1. The van der Waals surface area contributed by atoms with Crippen molar-refractivity contribution in [3.63, 3.8) is 0 Å². The molecule has 0 saturated heterocycles. The van der Waals surface area contributed by atoms with E-state index >= 15 is 0 Å². The molecule has 0 aliphatic carbocycles. The summed E-state index contributed by atoms with van der Waals surface area (Å²) in [5.41, 5.74) is 2.25. The first-order chi connectivity index (χ1) is 12.5. The van der Waals surface area contributed by atoms with Crippen LogP contribution >= 0.6 is 11.6 Å². The Kier molecular flexibility index (Phi) is 4.94. The number of hydrogen-bond donors (Lipinski definition) is 1. The van der Waals surface area contributed by atoms with E-state index in [4.69, 9.17) is 11.6 Å². The smallest absolute Gasteiger partial charge is 0.270 e. The standard InChI is InChI=1S/C17H14ClN5O3/c1-22-16(15-4-2-3-7-19-15)8-11(21-22)10-20-17(24)13-6-5-12(23(25)26)9-14(13)18/h2-9H,10H2,1H3,(H,20,24). The second kappa shape index (κ2) is 7.32. The Bertz CT molecular complexity index is 972. The minimum absolute atomic E-state index is 0.0203. The summed E-state index contributed by atoms with van der Waals surface area (Å²) in [6, 6.07) is 11.1. The van der Waals surface area contributed by atoms with Crippen LogP contribution in [0.1, 0.15) is 16.1 Å². The van der Waals surface area contributed by atoms with Crippen molar-refractivity contribution in [2.24, 2.45) is 7.05 Å². The van der Waals surface area contributed by atoms with Gasteiger partial charge in [0, 0.05) is 25.4 Å². The van der Waals surface area contributed by atoms with E-state index in [9.17, 15) is 14.9 Å². The molecule has 0 spiro atoms. The van der Waals surface area contributed by atoms with Gasteiger partial charge in [0.2, 0.25) is 0 Å². The number of hydrogen-bond acceptors (Lipinski definition) is 5. The summed E-state index contributed by atoms with van der Waals surface area (Å²) in [5.74, 6) is -0.435. The quantitative estimate of drug-likeness (QED) is 0.548. The molecule has 26 heavy (non-hydrogen) atoms. The van der Waals surface area contributed by atoms with Gasteiger partial charge in [-0.1, -0.05) is 17.7 Å². The molecule has 0 aliphatic rings. The zero-order chi connectivity index (χ0) is 18.7. The van der Waals surface area contributed by atoms with Crippen LogP contribution in [0, 0.1) is 10.1 Å². The molecule has 0 unspecified atom stereocenters. The van der Waals surface area contributed by atoms with Crippen molar-refractivity contribution in [1.82, 2.24) is 20.1 Å². The Balaban J connectivity index is 1.72. The number of amides is 1. The van der Waals surface area contributed by atoms with Crippen LogP contribution in [0.2, 0.25) is 5.02 Å². The summed E-state index contributed by atoms with van der Waals surface area (Å²) in [4.78, 5) is 26.7. The molecule has 0 radical (unpaired) electrons. The SMILES string of the molecule is Cn1nc(CNC(=O)c2ccc([N+](=O)[O-])cc2Cl)cc1-c1ccccn1. The van der Waals surface area contributed by atoms with Gasteiger partial charge in [-0.2, -0.15) is 5.10 Å². The van der Waals surface area contributed by atoms with Crippen molar-refractivity contribution >= 4 is 23.2 Å². The summed E-state index contributed by atoms with van der Waals surface area (Å²) in [5, 5.41) is 17.8. The van der Waals surface area contributed by atoms with Crippen LogP contribution in [-0.4, -0.2) is 25.6 Å². The highest BCUT2D eigenvalue weighted by molar-refractivity contribution is 6.34. The fourth-order valence-electron chi connectivity index (χ4n) is 2.43. The van der Waals surface area contributed by atoms with Gasteiger partial charge in [-0.05, 0) is 24.3 Å². The summed E-state index contributed by atoms with van der Waals surface area (Å²) >= 11 is 5.97. The fourth-order valence-corrected chi connectivity index (χ4v) is 2.70. The third-order valence-corrected chi connectivity index (χ3v) is 4.01. The number of aryl methyl sites for hydroxylation is 1. The second-order valence-electron chi connectivity index (χ2n) is 5.46. The van der Waals surface area contributed by atoms with Crippen LogP contribution in [0.3, 0.4) is 0 Å². The molecule has 1 N–H and O–H groups in total. The molecule has 0 bridgehead atoms. The topological polar surface area (TPSA) is 103 Å². The van der Waals surface area contributed by atoms with Crippen molar-refractivity contribution in [3.05, 3.63) is 75.1 Å². The Hall–Kier alpha value is -3.26. The molecular formula is C17H14ClN5O3. The van der Waals surface area contributed by atoms with Crippen LogP contribution in [0.25, 0.3) is 11.4 Å². The van der Waals surface area contributed by atoms with Crippen molar-refractivity contribution < 1.29 is 9.72 Å². The highest BCUT2D eigenvalue weighted by Gasteiger charge is 2.15. The Morgan fingerprint density at radius 3 is 2.77 bits per heavy atom. The van der Waals surface area contributed by atoms with Gasteiger partial charge in [0.15, 0.2) is 0 Å². The number of non-ortho nitro benzene ring substituents is 1. The van der Waals surface area contributed by atoms with E-state index in [1.807, 2.05) is 24.3 Å². The van der Waals surface area contributed by atoms with Crippen LogP contribution in [0.4, 0.5) is 5.69 Å². The number of nitrogens with zero attached hydrogens (tertiary/aromatic N) is 4. The molecule has 132 valence electrons. The summed E-state index contributed by atoms with van der Waals surface area (Å²) in [6.07, 6.45) is 1.69. The third-order valence-electron chi connectivity index (χ3n) is 3.70. The van der Waals surface area contributed by atoms with Gasteiger partial charge in [0.1, 0.15) is 0 Å². The van der Waals surface area contributed by atoms with E-state index in [0.717, 1.165) is 17.5 Å². The van der Waals surface area contributed by atoms with Crippen molar-refractivity contribution in [2.45, 2.75) is 6.54 Å². The normalized spacial score (nSPS) is 10.5. The van der Waals surface area contributed by atoms with Crippen LogP contribution < -0.4 is 5.32 Å². The van der Waals surface area contributed by atoms with Gasteiger partial charge in [-0.3, -0.25) is 24.6 Å². The summed E-state index contributed by atoms with van der Waals surface area (Å²) in [7, 11) is 1.79. The predicted octanol–water partition coefficient (Wildman–Crippen LogP) is 2.97. The Morgan fingerprint density at radius 2 is 2.12 bits per heavy atom. The predicted molar refractivity (Wildman–Crippen MR) is 95.7 cm³/mol. The molecule has 2 heterocycles. The lowest BCUT2D eigenvalue weighted by Gasteiger charge is -2.05. The maximum Gasteiger partial charge on any atom is 0.270 e. The Labute approximate surface area is 153 Å². The summed E-state index contributed by atoms with van der Waals surface area (Å²) in [6.45, 7) is 0.187. The molecule has 3 aromatic rings. The average molecular weight is 372 g/mol. The number of aromatic nitrogens is 3. The third kappa shape index (κ3) is 3.70. The van der Waals surface area contributed by atoms with E-state index in [0.29, 0.717) is 5.69 Å². The van der Waals surface area contributed by atoms with Gasteiger partial charge in [0.05, 0.1) is 39.1 Å². The van der Waals surface area contributed by atoms with E-state index in [1.165, 1.54) is 12.1 Å². The van der Waals surface area contributed by atoms with Crippen LogP contribution in [0.15, 0.2) is 48.7 Å². The molecule has 9 heteroatoms. The van der Waals surface area contributed by atoms with E-state index in [2.05, 4.69) is 15.4 Å². The van der Waals surface area contributed by atoms with Gasteiger partial charge in [-0.15, -0.1) is 0 Å². The highest BCUT2D eigenvalue weighted by Crippen LogP contribution is 2.22. The number of pyridine rings is 1. The van der Waals surface area contributed by atoms with Gasteiger partial charge in [0.25, 0.3) is 11.6 Å². The molecule has 0 aliphatic heterocycles. The maximum atomic E-state index is 12.3. The Morgan fingerprint density at radius 1 is 1.31 bits per heavy atom. The first-order valence-electron chi connectivity index (χ1n) is 7.62. The molecule has 3 rings (SSSR count). The zero-order valence-corrected chi connectivity index (χ0v) is 14.5. The largest absolute Gasteiger partial charge is 0.346 e. The minimum atomic E-state index is -0.569.